The normalized spacial score (nSPS) is 16.8. The second-order valence-electron chi connectivity index (χ2n) is 5.72. The van der Waals surface area contributed by atoms with Gasteiger partial charge in [0.25, 0.3) is 0 Å². The average Bonchev–Trinajstić information content (AvgIpc) is 2.92. The zero-order chi connectivity index (χ0) is 15.1. The summed E-state index contributed by atoms with van der Waals surface area (Å²) in [6.07, 6.45) is 0.770. The Morgan fingerprint density at radius 1 is 1.00 bits per heavy atom. The Labute approximate surface area is 129 Å². The Morgan fingerprint density at radius 2 is 1.86 bits per heavy atom. The summed E-state index contributed by atoms with van der Waals surface area (Å²) in [6.45, 7) is 0. The van der Waals surface area contributed by atoms with Crippen molar-refractivity contribution in [2.45, 2.75) is 12.3 Å². The first-order chi connectivity index (χ1) is 10.8. The lowest BCUT2D eigenvalue weighted by Gasteiger charge is -2.10. The maximum Gasteiger partial charge on any atom is 0.171 e. The van der Waals surface area contributed by atoms with Crippen LogP contribution in [0.4, 0.5) is 0 Å². The van der Waals surface area contributed by atoms with Gasteiger partial charge in [-0.15, -0.1) is 0 Å². The summed E-state index contributed by atoms with van der Waals surface area (Å²) in [5, 5.41) is 2.19. The summed E-state index contributed by atoms with van der Waals surface area (Å²) in [4.78, 5) is 13.0. The van der Waals surface area contributed by atoms with Crippen molar-refractivity contribution in [3.8, 4) is 5.75 Å². The Kier molecular flexibility index (Phi) is 2.97. The number of ketones is 1. The zero-order valence-electron chi connectivity index (χ0n) is 12.4. The highest BCUT2D eigenvalue weighted by molar-refractivity contribution is 6.14. The number of carbonyl (C=O) groups is 1. The van der Waals surface area contributed by atoms with Gasteiger partial charge in [-0.05, 0) is 40.5 Å². The van der Waals surface area contributed by atoms with E-state index < -0.39 is 0 Å². The van der Waals surface area contributed by atoms with Crippen molar-refractivity contribution in [2.24, 2.45) is 0 Å². The summed E-state index contributed by atoms with van der Waals surface area (Å²) < 4.78 is 5.29. The molecule has 0 heterocycles. The van der Waals surface area contributed by atoms with Crippen molar-refractivity contribution in [1.29, 1.82) is 0 Å². The van der Waals surface area contributed by atoms with E-state index in [1.165, 1.54) is 0 Å². The van der Waals surface area contributed by atoms with Crippen molar-refractivity contribution < 1.29 is 9.53 Å². The van der Waals surface area contributed by atoms with Gasteiger partial charge < -0.3 is 4.74 Å². The topological polar surface area (TPSA) is 26.3 Å². The number of carbonyl (C=O) groups excluding carboxylic acids is 1. The fourth-order valence-electron chi connectivity index (χ4n) is 3.39. The predicted octanol–water partition coefficient (Wildman–Crippen LogP) is 4.37. The summed E-state index contributed by atoms with van der Waals surface area (Å²) in [6, 6.07) is 20.1. The molecule has 2 nitrogen and oxygen atoms in total. The molecule has 1 aliphatic carbocycles. The summed E-state index contributed by atoms with van der Waals surface area (Å²) >= 11 is 0. The van der Waals surface area contributed by atoms with Crippen molar-refractivity contribution in [3.05, 3.63) is 77.4 Å². The molecule has 0 spiro atoms. The average molecular weight is 288 g/mol. The van der Waals surface area contributed by atoms with Crippen molar-refractivity contribution in [2.75, 3.05) is 7.11 Å². The van der Waals surface area contributed by atoms with Crippen LogP contribution in [0.5, 0.6) is 5.75 Å². The van der Waals surface area contributed by atoms with Crippen LogP contribution in [0.1, 0.15) is 27.4 Å². The van der Waals surface area contributed by atoms with Gasteiger partial charge in [-0.25, -0.2) is 0 Å². The Hall–Kier alpha value is -2.61. The van der Waals surface area contributed by atoms with Crippen molar-refractivity contribution in [1.82, 2.24) is 0 Å². The zero-order valence-corrected chi connectivity index (χ0v) is 12.4. The van der Waals surface area contributed by atoms with Gasteiger partial charge >= 0.3 is 0 Å². The van der Waals surface area contributed by atoms with E-state index in [0.29, 0.717) is 0 Å². The molecule has 0 bridgehead atoms. The largest absolute Gasteiger partial charge is 0.497 e. The van der Waals surface area contributed by atoms with Crippen LogP contribution >= 0.6 is 0 Å². The lowest BCUT2D eigenvalue weighted by Crippen LogP contribution is -2.07. The van der Waals surface area contributed by atoms with Gasteiger partial charge in [-0.2, -0.15) is 0 Å². The number of ether oxygens (including phenoxy) is 1. The van der Waals surface area contributed by atoms with Crippen LogP contribution in [-0.4, -0.2) is 12.9 Å². The maximum atomic E-state index is 13.0. The molecule has 108 valence electrons. The number of hydrogen-bond donors (Lipinski definition) is 0. The molecule has 0 aliphatic heterocycles. The van der Waals surface area contributed by atoms with Crippen LogP contribution in [0.2, 0.25) is 0 Å². The Bertz CT molecular complexity index is 880. The van der Waals surface area contributed by atoms with Gasteiger partial charge in [0, 0.05) is 5.56 Å². The maximum absolute atomic E-state index is 13.0. The molecule has 3 aromatic rings. The van der Waals surface area contributed by atoms with Gasteiger partial charge in [-0.3, -0.25) is 4.79 Å². The molecule has 0 amide bonds. The molecule has 22 heavy (non-hydrogen) atoms. The van der Waals surface area contributed by atoms with Crippen LogP contribution in [0.25, 0.3) is 10.8 Å². The minimum Gasteiger partial charge on any atom is -0.497 e. The fraction of sp³-hybridized carbons (Fsp3) is 0.150. The van der Waals surface area contributed by atoms with E-state index in [2.05, 4.69) is 18.2 Å². The second kappa shape index (κ2) is 4.99. The van der Waals surface area contributed by atoms with Gasteiger partial charge in [0.15, 0.2) is 5.78 Å². The highest BCUT2D eigenvalue weighted by atomic mass is 16.5. The van der Waals surface area contributed by atoms with Gasteiger partial charge in [0.1, 0.15) is 5.75 Å². The number of Topliss-reactive ketones (excluding diaryl/α,β-unsaturated/α-hetero) is 1. The minimum absolute atomic E-state index is 0.101. The summed E-state index contributed by atoms with van der Waals surface area (Å²) in [5.74, 6) is 0.919. The van der Waals surface area contributed by atoms with Crippen molar-refractivity contribution in [3.63, 3.8) is 0 Å². The third kappa shape index (κ3) is 1.92. The van der Waals surface area contributed by atoms with Crippen LogP contribution in [0.3, 0.4) is 0 Å². The fourth-order valence-corrected chi connectivity index (χ4v) is 3.39. The number of rotatable bonds is 2. The molecule has 0 aromatic heterocycles. The molecule has 0 saturated heterocycles. The summed E-state index contributed by atoms with van der Waals surface area (Å²) in [7, 11) is 1.65. The molecular weight excluding hydrogens is 272 g/mol. The lowest BCUT2D eigenvalue weighted by atomic mass is 9.94. The van der Waals surface area contributed by atoms with E-state index in [1.807, 2.05) is 42.5 Å². The van der Waals surface area contributed by atoms with Crippen molar-refractivity contribution >= 4 is 16.6 Å². The third-order valence-corrected chi connectivity index (χ3v) is 4.50. The number of hydrogen-bond acceptors (Lipinski definition) is 2. The highest BCUT2D eigenvalue weighted by Gasteiger charge is 2.33. The monoisotopic (exact) mass is 288 g/mol. The number of fused-ring (bicyclic) bond motifs is 3. The SMILES string of the molecule is COc1cccc(C2Cc3ccc4ccccc4c3C2=O)c1. The smallest absolute Gasteiger partial charge is 0.171 e. The third-order valence-electron chi connectivity index (χ3n) is 4.50. The molecule has 3 aromatic carbocycles. The Balaban J connectivity index is 1.83. The summed E-state index contributed by atoms with van der Waals surface area (Å²) in [5.41, 5.74) is 3.08. The van der Waals surface area contributed by atoms with Crippen LogP contribution in [0.15, 0.2) is 60.7 Å². The van der Waals surface area contributed by atoms with E-state index in [0.717, 1.165) is 39.6 Å². The van der Waals surface area contributed by atoms with Crippen LogP contribution in [-0.2, 0) is 6.42 Å². The van der Waals surface area contributed by atoms with E-state index in [4.69, 9.17) is 4.74 Å². The van der Waals surface area contributed by atoms with Gasteiger partial charge in [-0.1, -0.05) is 48.5 Å². The molecule has 0 saturated carbocycles. The van der Waals surface area contributed by atoms with Crippen LogP contribution < -0.4 is 4.74 Å². The van der Waals surface area contributed by atoms with Gasteiger partial charge in [0.2, 0.25) is 0 Å². The first kappa shape index (κ1) is 13.1. The first-order valence-electron chi connectivity index (χ1n) is 7.47. The molecule has 1 atom stereocenters. The molecule has 0 N–H and O–H groups in total. The molecule has 0 radical (unpaired) electrons. The van der Waals surface area contributed by atoms with E-state index >= 15 is 0 Å². The molecule has 1 unspecified atom stereocenters. The Morgan fingerprint density at radius 3 is 2.73 bits per heavy atom. The van der Waals surface area contributed by atoms with E-state index in [9.17, 15) is 4.79 Å². The molecule has 2 heteroatoms. The predicted molar refractivity (Wildman–Crippen MR) is 87.7 cm³/mol. The van der Waals surface area contributed by atoms with Gasteiger partial charge in [0.05, 0.1) is 13.0 Å². The lowest BCUT2D eigenvalue weighted by molar-refractivity contribution is 0.0974. The number of benzene rings is 3. The number of methoxy groups -OCH3 is 1. The standard InChI is InChI=1S/C20H16O2/c1-22-16-7-4-6-14(11-16)18-12-15-10-9-13-5-2-3-8-17(13)19(15)20(18)21/h2-11,18H,12H2,1H3. The van der Waals surface area contributed by atoms with E-state index in [1.54, 1.807) is 7.11 Å². The minimum atomic E-state index is -0.101. The van der Waals surface area contributed by atoms with Crippen LogP contribution in [0, 0.1) is 0 Å². The molecule has 1 aliphatic rings. The van der Waals surface area contributed by atoms with E-state index in [-0.39, 0.29) is 11.7 Å². The molecular formula is C20H16O2. The molecule has 0 fully saturated rings. The first-order valence-corrected chi connectivity index (χ1v) is 7.47. The quantitative estimate of drug-likeness (QED) is 0.700. The second-order valence-corrected chi connectivity index (χ2v) is 5.72. The molecule has 4 rings (SSSR count). The highest BCUT2D eigenvalue weighted by Crippen LogP contribution is 2.38.